The summed E-state index contributed by atoms with van der Waals surface area (Å²) in [5, 5.41) is 7.51. The van der Waals surface area contributed by atoms with Gasteiger partial charge in [0.15, 0.2) is 0 Å². The summed E-state index contributed by atoms with van der Waals surface area (Å²) in [6, 6.07) is 0. The molecule has 0 N–H and O–H groups in total. The zero-order chi connectivity index (χ0) is 6.69. The van der Waals surface area contributed by atoms with E-state index in [1.807, 2.05) is 13.1 Å². The van der Waals surface area contributed by atoms with Crippen LogP contribution in [0.5, 0.6) is 0 Å². The third-order valence-electron chi connectivity index (χ3n) is 1.42. The second-order valence-electron chi connectivity index (χ2n) is 2.05. The molecule has 0 spiro atoms. The highest BCUT2D eigenvalue weighted by Gasteiger charge is 1.91. The van der Waals surface area contributed by atoms with Crippen LogP contribution in [0.1, 0.15) is 18.1 Å². The van der Waals surface area contributed by atoms with Crippen molar-refractivity contribution in [2.75, 3.05) is 0 Å². The van der Waals surface area contributed by atoms with Crippen LogP contribution in [-0.2, 0) is 6.42 Å². The van der Waals surface area contributed by atoms with Crippen LogP contribution in [0.25, 0.3) is 0 Å². The van der Waals surface area contributed by atoms with Gasteiger partial charge in [0.05, 0.1) is 12.4 Å². The van der Waals surface area contributed by atoms with E-state index >= 15 is 0 Å². The number of aryl methyl sites for hydroxylation is 2. The third-order valence-corrected chi connectivity index (χ3v) is 1.42. The van der Waals surface area contributed by atoms with Crippen molar-refractivity contribution in [2.45, 2.75) is 20.3 Å². The monoisotopic (exact) mass is 122 g/mol. The molecule has 0 fully saturated rings. The van der Waals surface area contributed by atoms with E-state index in [4.69, 9.17) is 0 Å². The Morgan fingerprint density at radius 1 is 1.33 bits per heavy atom. The van der Waals surface area contributed by atoms with Crippen LogP contribution in [-0.4, -0.2) is 10.2 Å². The number of nitrogens with zero attached hydrogens (tertiary/aromatic N) is 2. The van der Waals surface area contributed by atoms with E-state index in [0.717, 1.165) is 6.42 Å². The van der Waals surface area contributed by atoms with Gasteiger partial charge in [-0.2, -0.15) is 10.2 Å². The lowest BCUT2D eigenvalue weighted by atomic mass is 10.1. The molecule has 0 atom stereocenters. The molecule has 0 saturated heterocycles. The van der Waals surface area contributed by atoms with Crippen molar-refractivity contribution in [1.29, 1.82) is 0 Å². The normalized spacial score (nSPS) is 9.56. The van der Waals surface area contributed by atoms with E-state index in [2.05, 4.69) is 17.1 Å². The van der Waals surface area contributed by atoms with E-state index in [0.29, 0.717) is 0 Å². The highest BCUT2D eigenvalue weighted by atomic mass is 15.1. The lowest BCUT2D eigenvalue weighted by Crippen LogP contribution is -1.89. The smallest absolute Gasteiger partial charge is 0.0530 e. The molecule has 9 heavy (non-hydrogen) atoms. The highest BCUT2D eigenvalue weighted by Crippen LogP contribution is 2.02. The molecule has 2 heteroatoms. The van der Waals surface area contributed by atoms with Crippen molar-refractivity contribution >= 4 is 0 Å². The van der Waals surface area contributed by atoms with Crippen LogP contribution in [0, 0.1) is 6.92 Å². The number of aromatic nitrogens is 2. The Morgan fingerprint density at radius 3 is 2.44 bits per heavy atom. The van der Waals surface area contributed by atoms with Gasteiger partial charge in [-0.1, -0.05) is 6.92 Å². The Hall–Kier alpha value is -0.920. The Labute approximate surface area is 54.9 Å². The second kappa shape index (κ2) is 2.58. The second-order valence-corrected chi connectivity index (χ2v) is 2.05. The maximum absolute atomic E-state index is 3.77. The van der Waals surface area contributed by atoms with Crippen molar-refractivity contribution in [2.24, 2.45) is 0 Å². The minimum atomic E-state index is 1.04. The average Bonchev–Trinajstić information content (AvgIpc) is 1.89. The van der Waals surface area contributed by atoms with Gasteiger partial charge in [0, 0.05) is 0 Å². The fourth-order valence-corrected chi connectivity index (χ4v) is 0.778. The summed E-state index contributed by atoms with van der Waals surface area (Å²) in [6.07, 6.45) is 4.65. The van der Waals surface area contributed by atoms with Crippen molar-refractivity contribution < 1.29 is 0 Å². The van der Waals surface area contributed by atoms with Gasteiger partial charge < -0.3 is 0 Å². The van der Waals surface area contributed by atoms with E-state index in [1.54, 1.807) is 6.20 Å². The van der Waals surface area contributed by atoms with Crippen LogP contribution >= 0.6 is 0 Å². The Kier molecular flexibility index (Phi) is 1.78. The molecule has 1 aromatic heterocycles. The van der Waals surface area contributed by atoms with Crippen LogP contribution < -0.4 is 0 Å². The topological polar surface area (TPSA) is 25.8 Å². The molecule has 2 nitrogen and oxygen atoms in total. The van der Waals surface area contributed by atoms with Crippen molar-refractivity contribution in [3.63, 3.8) is 0 Å². The SMILES string of the molecule is CCc1cnncc1C. The first-order valence-electron chi connectivity index (χ1n) is 3.10. The fourth-order valence-electron chi connectivity index (χ4n) is 0.778. The first-order valence-corrected chi connectivity index (χ1v) is 3.10. The Balaban J connectivity index is 3.01. The lowest BCUT2D eigenvalue weighted by Gasteiger charge is -1.96. The lowest BCUT2D eigenvalue weighted by molar-refractivity contribution is 0.960. The molecule has 0 amide bonds. The van der Waals surface area contributed by atoms with E-state index in [9.17, 15) is 0 Å². The third kappa shape index (κ3) is 1.25. The van der Waals surface area contributed by atoms with Gasteiger partial charge in [-0.3, -0.25) is 0 Å². The standard InChI is InChI=1S/C7H10N2/c1-3-7-5-9-8-4-6(7)2/h4-5H,3H2,1-2H3. The zero-order valence-electron chi connectivity index (χ0n) is 5.76. The molecule has 48 valence electrons. The molecule has 1 aromatic rings. The van der Waals surface area contributed by atoms with Gasteiger partial charge >= 0.3 is 0 Å². The van der Waals surface area contributed by atoms with Gasteiger partial charge in [0.1, 0.15) is 0 Å². The molecule has 0 aliphatic rings. The molecule has 0 radical (unpaired) electrons. The van der Waals surface area contributed by atoms with Gasteiger partial charge in [-0.25, -0.2) is 0 Å². The van der Waals surface area contributed by atoms with E-state index in [1.165, 1.54) is 11.1 Å². The van der Waals surface area contributed by atoms with Gasteiger partial charge in [0.25, 0.3) is 0 Å². The van der Waals surface area contributed by atoms with Crippen molar-refractivity contribution in [3.05, 3.63) is 23.5 Å². The molecule has 0 aromatic carbocycles. The molecule has 1 heterocycles. The van der Waals surface area contributed by atoms with E-state index in [-0.39, 0.29) is 0 Å². The highest BCUT2D eigenvalue weighted by molar-refractivity contribution is 5.17. The quantitative estimate of drug-likeness (QED) is 0.562. The molecule has 0 bridgehead atoms. The van der Waals surface area contributed by atoms with E-state index < -0.39 is 0 Å². The van der Waals surface area contributed by atoms with Crippen LogP contribution in [0.4, 0.5) is 0 Å². The van der Waals surface area contributed by atoms with Crippen molar-refractivity contribution in [1.82, 2.24) is 10.2 Å². The summed E-state index contributed by atoms with van der Waals surface area (Å²) >= 11 is 0. The van der Waals surface area contributed by atoms with Gasteiger partial charge in [0.2, 0.25) is 0 Å². The molecule has 1 rings (SSSR count). The summed E-state index contributed by atoms with van der Waals surface area (Å²) in [4.78, 5) is 0. The number of hydrogen-bond donors (Lipinski definition) is 0. The number of hydrogen-bond acceptors (Lipinski definition) is 2. The summed E-state index contributed by atoms with van der Waals surface area (Å²) in [7, 11) is 0. The van der Waals surface area contributed by atoms with Gasteiger partial charge in [-0.05, 0) is 24.5 Å². The first-order chi connectivity index (χ1) is 4.34. The van der Waals surface area contributed by atoms with Crippen LogP contribution in [0.15, 0.2) is 12.4 Å². The van der Waals surface area contributed by atoms with Crippen LogP contribution in [0.3, 0.4) is 0 Å². The molecule has 0 unspecified atom stereocenters. The summed E-state index contributed by atoms with van der Waals surface area (Å²) in [5.74, 6) is 0. The molecular formula is C7H10N2. The largest absolute Gasteiger partial charge is 0.159 e. The number of rotatable bonds is 1. The van der Waals surface area contributed by atoms with Crippen molar-refractivity contribution in [3.8, 4) is 0 Å². The first kappa shape index (κ1) is 6.20. The Morgan fingerprint density at radius 2 is 2.00 bits per heavy atom. The summed E-state index contributed by atoms with van der Waals surface area (Å²) in [6.45, 7) is 4.16. The zero-order valence-corrected chi connectivity index (χ0v) is 5.76. The molecule has 0 aliphatic carbocycles. The maximum atomic E-state index is 3.77. The maximum Gasteiger partial charge on any atom is 0.0530 e. The summed E-state index contributed by atoms with van der Waals surface area (Å²) < 4.78 is 0. The molecular weight excluding hydrogens is 112 g/mol. The predicted molar refractivity (Wildman–Crippen MR) is 36.1 cm³/mol. The van der Waals surface area contributed by atoms with Gasteiger partial charge in [-0.15, -0.1) is 0 Å². The Bertz CT molecular complexity index is 196. The summed E-state index contributed by atoms with van der Waals surface area (Å²) in [5.41, 5.74) is 2.51. The average molecular weight is 122 g/mol. The fraction of sp³-hybridized carbons (Fsp3) is 0.429. The molecule has 0 aliphatic heterocycles. The minimum Gasteiger partial charge on any atom is -0.159 e. The minimum absolute atomic E-state index is 1.04. The predicted octanol–water partition coefficient (Wildman–Crippen LogP) is 1.35. The van der Waals surface area contributed by atoms with Crippen LogP contribution in [0.2, 0.25) is 0 Å². The molecule has 0 saturated carbocycles.